The Hall–Kier alpha value is -3.78. The molecule has 5 rings (SSSR count). The highest BCUT2D eigenvalue weighted by molar-refractivity contribution is 7.13. The van der Waals surface area contributed by atoms with Crippen molar-refractivity contribution in [3.05, 3.63) is 77.6 Å². The van der Waals surface area contributed by atoms with E-state index in [0.29, 0.717) is 17.1 Å². The number of nitrogens with one attached hydrogen (secondary N) is 2. The first kappa shape index (κ1) is 17.3. The van der Waals surface area contributed by atoms with Crippen molar-refractivity contribution < 1.29 is 4.79 Å². The molecule has 0 spiro atoms. The van der Waals surface area contributed by atoms with Gasteiger partial charge >= 0.3 is 0 Å². The van der Waals surface area contributed by atoms with Gasteiger partial charge in [-0.2, -0.15) is 5.10 Å². The molecule has 5 aromatic rings. The van der Waals surface area contributed by atoms with Crippen molar-refractivity contribution >= 4 is 34.0 Å². The average Bonchev–Trinajstić information content (AvgIpc) is 3.47. The van der Waals surface area contributed by atoms with Crippen LogP contribution in [0.25, 0.3) is 27.6 Å². The topological polar surface area (TPSA) is 88.5 Å². The van der Waals surface area contributed by atoms with Crippen molar-refractivity contribution in [2.24, 2.45) is 0 Å². The Morgan fingerprint density at radius 3 is 2.90 bits per heavy atom. The van der Waals surface area contributed by atoms with Crippen molar-refractivity contribution in [3.8, 4) is 16.5 Å². The summed E-state index contributed by atoms with van der Waals surface area (Å²) in [5.74, 6) is 1.28. The lowest BCUT2D eigenvalue weighted by Crippen LogP contribution is -2.13. The number of aromatic amines is 1. The minimum atomic E-state index is -0.220. The van der Waals surface area contributed by atoms with Crippen LogP contribution in [0.1, 0.15) is 16.1 Å². The van der Waals surface area contributed by atoms with Crippen LogP contribution >= 0.6 is 11.3 Å². The van der Waals surface area contributed by atoms with Crippen LogP contribution in [0.2, 0.25) is 0 Å². The first-order valence-corrected chi connectivity index (χ1v) is 9.88. The minimum absolute atomic E-state index is 0.220. The molecule has 0 aliphatic carbocycles. The number of carbonyl (C=O) groups is 1. The maximum Gasteiger partial charge on any atom is 0.259 e. The number of amides is 1. The molecule has 7 nitrogen and oxygen atoms in total. The maximum absolute atomic E-state index is 12.8. The lowest BCUT2D eigenvalue weighted by atomic mass is 10.2. The molecule has 1 aromatic carbocycles. The zero-order valence-electron chi connectivity index (χ0n) is 15.5. The Labute approximate surface area is 170 Å². The lowest BCUT2D eigenvalue weighted by Gasteiger charge is -2.06. The zero-order valence-corrected chi connectivity index (χ0v) is 16.3. The third-order valence-corrected chi connectivity index (χ3v) is 5.49. The lowest BCUT2D eigenvalue weighted by molar-refractivity contribution is 0.102. The molecule has 0 saturated heterocycles. The first-order valence-electron chi connectivity index (χ1n) is 9.00. The fourth-order valence-electron chi connectivity index (χ4n) is 3.16. The number of aromatic nitrogens is 5. The number of H-pyrrole nitrogens is 1. The molecule has 0 fully saturated rings. The van der Waals surface area contributed by atoms with Gasteiger partial charge in [0, 0.05) is 11.9 Å². The van der Waals surface area contributed by atoms with Gasteiger partial charge in [-0.15, -0.1) is 11.3 Å². The van der Waals surface area contributed by atoms with Crippen molar-refractivity contribution in [1.29, 1.82) is 0 Å². The quantitative estimate of drug-likeness (QED) is 0.467. The molecular formula is C21H16N6OS. The molecule has 0 aliphatic rings. The maximum atomic E-state index is 12.8. The van der Waals surface area contributed by atoms with E-state index in [1.54, 1.807) is 28.4 Å². The summed E-state index contributed by atoms with van der Waals surface area (Å²) in [5.41, 5.74) is 3.63. The predicted octanol–water partition coefficient (Wildman–Crippen LogP) is 4.43. The molecule has 2 N–H and O–H groups in total. The molecule has 29 heavy (non-hydrogen) atoms. The second-order valence-corrected chi connectivity index (χ2v) is 7.44. The monoisotopic (exact) mass is 400 g/mol. The van der Waals surface area contributed by atoms with Crippen molar-refractivity contribution in [3.63, 3.8) is 0 Å². The van der Waals surface area contributed by atoms with E-state index in [0.717, 1.165) is 27.4 Å². The number of carbonyl (C=O) groups excluding carboxylic acids is 1. The van der Waals surface area contributed by atoms with Crippen LogP contribution in [0, 0.1) is 6.92 Å². The molecule has 0 saturated carbocycles. The first-order chi connectivity index (χ1) is 14.2. The number of fused-ring (bicyclic) bond motifs is 1. The van der Waals surface area contributed by atoms with Gasteiger partial charge in [-0.05, 0) is 48.7 Å². The smallest absolute Gasteiger partial charge is 0.259 e. The summed E-state index contributed by atoms with van der Waals surface area (Å²) in [6, 6.07) is 15.2. The second kappa shape index (κ2) is 6.99. The number of hydrogen-bond donors (Lipinski definition) is 2. The Balaban J connectivity index is 1.41. The fourth-order valence-corrected chi connectivity index (χ4v) is 3.83. The molecule has 0 radical (unpaired) electrons. The fraction of sp³-hybridized carbons (Fsp3) is 0.0476. The molecule has 1 amide bonds. The zero-order chi connectivity index (χ0) is 19.8. The third kappa shape index (κ3) is 3.19. The summed E-state index contributed by atoms with van der Waals surface area (Å²) < 4.78 is 1.65. The van der Waals surface area contributed by atoms with Gasteiger partial charge in [0.2, 0.25) is 0 Å². The largest absolute Gasteiger partial charge is 0.337 e. The van der Waals surface area contributed by atoms with E-state index < -0.39 is 0 Å². The highest BCUT2D eigenvalue weighted by atomic mass is 32.1. The van der Waals surface area contributed by atoms with Gasteiger partial charge in [0.25, 0.3) is 5.91 Å². The molecule has 0 atom stereocenters. The molecule has 142 valence electrons. The normalized spacial score (nSPS) is 11.1. The number of rotatable bonds is 4. The number of imidazole rings is 1. The van der Waals surface area contributed by atoms with Crippen LogP contribution < -0.4 is 5.32 Å². The third-order valence-electron chi connectivity index (χ3n) is 4.62. The van der Waals surface area contributed by atoms with E-state index in [-0.39, 0.29) is 5.91 Å². The Kier molecular flexibility index (Phi) is 4.18. The van der Waals surface area contributed by atoms with E-state index in [4.69, 9.17) is 0 Å². The second-order valence-electron chi connectivity index (χ2n) is 6.49. The number of benzene rings is 1. The predicted molar refractivity (Wildman–Crippen MR) is 113 cm³/mol. The van der Waals surface area contributed by atoms with Crippen LogP contribution in [0.4, 0.5) is 5.69 Å². The highest BCUT2D eigenvalue weighted by Gasteiger charge is 2.16. The summed E-state index contributed by atoms with van der Waals surface area (Å²) >= 11 is 1.63. The van der Waals surface area contributed by atoms with E-state index in [1.165, 1.54) is 0 Å². The summed E-state index contributed by atoms with van der Waals surface area (Å²) in [4.78, 5) is 26.1. The molecule has 4 aromatic heterocycles. The Bertz CT molecular complexity index is 1300. The minimum Gasteiger partial charge on any atom is -0.337 e. The standard InChI is InChI=1S/C21H16N6OS/c1-13-15(12-23-27(13)19-6-2-3-9-22-19)21(28)24-14-7-8-16-17(11-14)26-20(25-16)18-5-4-10-29-18/h2-12H,1H3,(H,24,28)(H,25,26). The van der Waals surface area contributed by atoms with Gasteiger partial charge in [-0.1, -0.05) is 12.1 Å². The molecule has 8 heteroatoms. The van der Waals surface area contributed by atoms with Crippen LogP contribution in [-0.4, -0.2) is 30.6 Å². The summed E-state index contributed by atoms with van der Waals surface area (Å²) in [7, 11) is 0. The molecule has 4 heterocycles. The molecule has 0 aliphatic heterocycles. The number of anilines is 1. The molecule has 0 bridgehead atoms. The van der Waals surface area contributed by atoms with Crippen molar-refractivity contribution in [2.75, 3.05) is 5.32 Å². The van der Waals surface area contributed by atoms with Crippen LogP contribution in [-0.2, 0) is 0 Å². The van der Waals surface area contributed by atoms with Gasteiger partial charge in [0.15, 0.2) is 5.82 Å². The Morgan fingerprint density at radius 2 is 2.10 bits per heavy atom. The number of hydrogen-bond acceptors (Lipinski definition) is 5. The number of thiophene rings is 1. The average molecular weight is 400 g/mol. The SMILES string of the molecule is Cc1c(C(=O)Nc2ccc3nc(-c4cccs4)[nH]c3c2)cnn1-c1ccccn1. The number of pyridine rings is 1. The molecule has 0 unspecified atom stereocenters. The van der Waals surface area contributed by atoms with Crippen molar-refractivity contribution in [2.45, 2.75) is 6.92 Å². The van der Waals surface area contributed by atoms with E-state index in [1.807, 2.05) is 60.8 Å². The summed E-state index contributed by atoms with van der Waals surface area (Å²) in [6.07, 6.45) is 3.25. The van der Waals surface area contributed by atoms with Gasteiger partial charge in [-0.25, -0.2) is 14.6 Å². The van der Waals surface area contributed by atoms with Gasteiger partial charge < -0.3 is 10.3 Å². The summed E-state index contributed by atoms with van der Waals surface area (Å²) in [6.45, 7) is 1.85. The highest BCUT2D eigenvalue weighted by Crippen LogP contribution is 2.26. The summed E-state index contributed by atoms with van der Waals surface area (Å²) in [5, 5.41) is 9.27. The van der Waals surface area contributed by atoms with Gasteiger partial charge in [0.05, 0.1) is 33.4 Å². The Morgan fingerprint density at radius 1 is 1.17 bits per heavy atom. The van der Waals surface area contributed by atoms with E-state index in [2.05, 4.69) is 25.4 Å². The van der Waals surface area contributed by atoms with Crippen LogP contribution in [0.5, 0.6) is 0 Å². The van der Waals surface area contributed by atoms with Crippen LogP contribution in [0.15, 0.2) is 66.3 Å². The van der Waals surface area contributed by atoms with E-state index in [9.17, 15) is 4.79 Å². The number of nitrogens with zero attached hydrogens (tertiary/aromatic N) is 4. The molecular weight excluding hydrogens is 384 g/mol. The van der Waals surface area contributed by atoms with Crippen molar-refractivity contribution in [1.82, 2.24) is 24.7 Å². The van der Waals surface area contributed by atoms with Gasteiger partial charge in [-0.3, -0.25) is 4.79 Å². The van der Waals surface area contributed by atoms with Gasteiger partial charge in [0.1, 0.15) is 5.82 Å². The van der Waals surface area contributed by atoms with Crippen LogP contribution in [0.3, 0.4) is 0 Å². The van der Waals surface area contributed by atoms with E-state index >= 15 is 0 Å².